The van der Waals surface area contributed by atoms with Crippen LogP contribution in [0.25, 0.3) is 22.8 Å². The fourth-order valence-corrected chi connectivity index (χ4v) is 2.16. The minimum absolute atomic E-state index is 0.0663. The number of nitrogens with one attached hydrogen (secondary N) is 1. The predicted octanol–water partition coefficient (Wildman–Crippen LogP) is 6.16. The number of hydrogen-bond donors (Lipinski definition) is 2. The first-order chi connectivity index (χ1) is 13.3. The Labute approximate surface area is 161 Å². The highest BCUT2D eigenvalue weighted by Crippen LogP contribution is 2.31. The summed E-state index contributed by atoms with van der Waals surface area (Å²) >= 11 is 0. The second-order valence-electron chi connectivity index (χ2n) is 4.96. The summed E-state index contributed by atoms with van der Waals surface area (Å²) in [6.07, 6.45) is 9.82. The molecule has 5 nitrogen and oxygen atoms in total. The summed E-state index contributed by atoms with van der Waals surface area (Å²) in [5, 5.41) is 17.2. The molecule has 5 heteroatoms. The van der Waals surface area contributed by atoms with Crippen molar-refractivity contribution in [1.82, 2.24) is 15.2 Å². The van der Waals surface area contributed by atoms with Gasteiger partial charge in [0.05, 0.1) is 5.69 Å². The monoisotopic (exact) mass is 367 g/mol. The maximum Gasteiger partial charge on any atom is 0.251 e. The van der Waals surface area contributed by atoms with E-state index in [4.69, 9.17) is 4.42 Å². The molecule has 0 amide bonds. The molecule has 0 aliphatic heterocycles. The van der Waals surface area contributed by atoms with Crippen LogP contribution in [-0.4, -0.2) is 20.3 Å². The number of aromatic hydroxyl groups is 1. The van der Waals surface area contributed by atoms with Crippen LogP contribution >= 0.6 is 0 Å². The first-order valence-corrected chi connectivity index (χ1v) is 9.35. The van der Waals surface area contributed by atoms with Gasteiger partial charge in [-0.3, -0.25) is 5.10 Å². The molecule has 0 unspecified atom stereocenters. The number of benzene rings is 1. The maximum absolute atomic E-state index is 10.3. The highest BCUT2D eigenvalue weighted by molar-refractivity contribution is 5.64. The van der Waals surface area contributed by atoms with Gasteiger partial charge < -0.3 is 9.52 Å². The van der Waals surface area contributed by atoms with Crippen LogP contribution in [0.1, 0.15) is 40.3 Å². The van der Waals surface area contributed by atoms with Crippen molar-refractivity contribution in [2.75, 3.05) is 0 Å². The molecule has 3 aromatic rings. The molecule has 27 heavy (non-hydrogen) atoms. The van der Waals surface area contributed by atoms with E-state index >= 15 is 0 Å². The van der Waals surface area contributed by atoms with Crippen molar-refractivity contribution in [1.29, 1.82) is 0 Å². The van der Waals surface area contributed by atoms with Gasteiger partial charge in [-0.2, -0.15) is 5.10 Å². The summed E-state index contributed by atoms with van der Waals surface area (Å²) in [6.45, 7) is 9.95. The molecular formula is C22H29N3O2. The van der Waals surface area contributed by atoms with Crippen LogP contribution in [0.4, 0.5) is 0 Å². The number of aromatic amines is 1. The van der Waals surface area contributed by atoms with Crippen molar-refractivity contribution < 1.29 is 9.52 Å². The van der Waals surface area contributed by atoms with E-state index < -0.39 is 0 Å². The molecule has 0 saturated carbocycles. The Morgan fingerprint density at radius 1 is 1.07 bits per heavy atom. The second-order valence-corrected chi connectivity index (χ2v) is 4.96. The molecule has 0 bridgehead atoms. The van der Waals surface area contributed by atoms with Gasteiger partial charge in [0.25, 0.3) is 5.89 Å². The number of oxazole rings is 1. The lowest BCUT2D eigenvalue weighted by atomic mass is 10.2. The normalized spacial score (nSPS) is 10.4. The summed E-state index contributed by atoms with van der Waals surface area (Å²) < 4.78 is 5.46. The van der Waals surface area contributed by atoms with Gasteiger partial charge in [0.1, 0.15) is 12.0 Å². The summed E-state index contributed by atoms with van der Waals surface area (Å²) in [5.74, 6) is 0.359. The van der Waals surface area contributed by atoms with E-state index in [0.717, 1.165) is 5.56 Å². The molecule has 0 radical (unpaired) electrons. The average Bonchev–Trinajstić information content (AvgIpc) is 3.36. The molecule has 1 aromatic carbocycles. The van der Waals surface area contributed by atoms with Gasteiger partial charge in [-0.05, 0) is 6.92 Å². The molecule has 0 fully saturated rings. The number of allylic oxidation sites excluding steroid dienone is 4. The molecule has 2 N–H and O–H groups in total. The summed E-state index contributed by atoms with van der Waals surface area (Å²) in [5.41, 5.74) is 2.60. The lowest BCUT2D eigenvalue weighted by Gasteiger charge is -1.94. The standard InChI is InChI=1S/C18H17N3O2.2C2H6/c1-2-3-4-8-11-14-17(22)16(21-20-14)18-19-15(12-23-18)13-9-6-5-7-10-13;2*1-2/h2-10,12,22H,11H2,1H3,(H,20,21);2*1-2H3/b3-2-,8-4-;;. The number of H-pyrrole nitrogens is 1. The smallest absolute Gasteiger partial charge is 0.251 e. The lowest BCUT2D eigenvalue weighted by molar-refractivity contribution is 0.467. The molecular weight excluding hydrogens is 338 g/mol. The highest BCUT2D eigenvalue weighted by atomic mass is 16.3. The average molecular weight is 367 g/mol. The van der Waals surface area contributed by atoms with Crippen molar-refractivity contribution >= 4 is 0 Å². The zero-order chi connectivity index (χ0) is 20.1. The zero-order valence-corrected chi connectivity index (χ0v) is 16.7. The molecule has 0 aliphatic carbocycles. The van der Waals surface area contributed by atoms with Gasteiger partial charge >= 0.3 is 0 Å². The van der Waals surface area contributed by atoms with Crippen LogP contribution < -0.4 is 0 Å². The molecule has 3 rings (SSSR count). The van der Waals surface area contributed by atoms with E-state index in [1.807, 2.05) is 89.3 Å². The molecule has 2 heterocycles. The van der Waals surface area contributed by atoms with Crippen molar-refractivity contribution in [3.05, 3.63) is 66.6 Å². The van der Waals surface area contributed by atoms with Gasteiger partial charge in [0, 0.05) is 12.0 Å². The Hall–Kier alpha value is -3.08. The minimum Gasteiger partial charge on any atom is -0.504 e. The number of aromatic nitrogens is 3. The number of nitrogens with zero attached hydrogens (tertiary/aromatic N) is 2. The molecule has 2 aromatic heterocycles. The van der Waals surface area contributed by atoms with Crippen LogP contribution in [0.5, 0.6) is 5.75 Å². The maximum atomic E-state index is 10.3. The summed E-state index contributed by atoms with van der Waals surface area (Å²) in [7, 11) is 0. The van der Waals surface area contributed by atoms with E-state index in [1.54, 1.807) is 6.26 Å². The second kappa shape index (κ2) is 12.3. The zero-order valence-electron chi connectivity index (χ0n) is 16.7. The molecule has 0 saturated heterocycles. The Balaban J connectivity index is 0.000000855. The van der Waals surface area contributed by atoms with Gasteiger partial charge in [-0.15, -0.1) is 0 Å². The van der Waals surface area contributed by atoms with Crippen LogP contribution in [0.2, 0.25) is 0 Å². The first-order valence-electron chi connectivity index (χ1n) is 9.35. The van der Waals surface area contributed by atoms with E-state index in [9.17, 15) is 5.11 Å². The van der Waals surface area contributed by atoms with Gasteiger partial charge in [0.15, 0.2) is 11.4 Å². The van der Waals surface area contributed by atoms with Gasteiger partial charge in [-0.1, -0.05) is 82.3 Å². The third kappa shape index (κ3) is 5.99. The van der Waals surface area contributed by atoms with E-state index in [1.165, 1.54) is 0 Å². The third-order valence-corrected chi connectivity index (χ3v) is 3.35. The Morgan fingerprint density at radius 2 is 1.78 bits per heavy atom. The molecule has 0 atom stereocenters. The van der Waals surface area contributed by atoms with Crippen LogP contribution in [0.15, 0.2) is 65.3 Å². The van der Waals surface area contributed by atoms with E-state index in [-0.39, 0.29) is 5.75 Å². The Bertz CT molecular complexity index is 830. The van der Waals surface area contributed by atoms with Gasteiger partial charge in [-0.25, -0.2) is 4.98 Å². The van der Waals surface area contributed by atoms with E-state index in [2.05, 4.69) is 15.2 Å². The Morgan fingerprint density at radius 3 is 2.44 bits per heavy atom. The van der Waals surface area contributed by atoms with Crippen LogP contribution in [-0.2, 0) is 6.42 Å². The van der Waals surface area contributed by atoms with Crippen LogP contribution in [0, 0.1) is 0 Å². The topological polar surface area (TPSA) is 74.9 Å². The number of rotatable bonds is 5. The molecule has 144 valence electrons. The first kappa shape index (κ1) is 22.0. The van der Waals surface area contributed by atoms with Crippen molar-refractivity contribution in [3.63, 3.8) is 0 Å². The lowest BCUT2D eigenvalue weighted by Crippen LogP contribution is -1.81. The van der Waals surface area contributed by atoms with Crippen molar-refractivity contribution in [2.24, 2.45) is 0 Å². The summed E-state index contributed by atoms with van der Waals surface area (Å²) in [4.78, 5) is 4.40. The molecule has 0 spiro atoms. The predicted molar refractivity (Wildman–Crippen MR) is 112 cm³/mol. The SMILES string of the molecule is C/C=C\C=C/Cc1[nH]nc(-c2nc(-c3ccccc3)co2)c1O.CC.CC. The number of hydrogen-bond acceptors (Lipinski definition) is 4. The van der Waals surface area contributed by atoms with E-state index in [0.29, 0.717) is 29.4 Å². The third-order valence-electron chi connectivity index (χ3n) is 3.35. The van der Waals surface area contributed by atoms with Gasteiger partial charge in [0.2, 0.25) is 0 Å². The highest BCUT2D eigenvalue weighted by Gasteiger charge is 2.18. The summed E-state index contributed by atoms with van der Waals surface area (Å²) in [6, 6.07) is 9.71. The quantitative estimate of drug-likeness (QED) is 0.529. The largest absolute Gasteiger partial charge is 0.504 e. The van der Waals surface area contributed by atoms with Crippen LogP contribution in [0.3, 0.4) is 0 Å². The van der Waals surface area contributed by atoms with Crippen molar-refractivity contribution in [3.8, 4) is 28.6 Å². The Kier molecular flexibility index (Phi) is 10.0. The van der Waals surface area contributed by atoms with Crippen molar-refractivity contribution in [2.45, 2.75) is 41.0 Å². The fourth-order valence-electron chi connectivity index (χ4n) is 2.16. The fraction of sp³-hybridized carbons (Fsp3) is 0.273. The molecule has 0 aliphatic rings. The minimum atomic E-state index is 0.0663.